The fraction of sp³-hybridized carbons (Fsp3) is 0.533. The number of allylic oxidation sites excluding steroid dienone is 1. The number of hydrogen-bond donors (Lipinski definition) is 2. The van der Waals surface area contributed by atoms with Crippen molar-refractivity contribution >= 4 is 0 Å². The summed E-state index contributed by atoms with van der Waals surface area (Å²) in [6.07, 6.45) is 2.68. The molecule has 2 N–H and O–H groups in total. The van der Waals surface area contributed by atoms with Crippen molar-refractivity contribution < 1.29 is 10.2 Å². The Bertz CT molecular complexity index is 436. The summed E-state index contributed by atoms with van der Waals surface area (Å²) in [5.74, 6) is 0.702. The van der Waals surface area contributed by atoms with Crippen LogP contribution in [0.15, 0.2) is 18.4 Å². The standard InChI is InChI=1S/C15H23NO2/c1-9(2)13-8-12(11(5)6-7-17)15(18)14(16-13)10(3)4/h6-11,17-18H,1-5H3. The van der Waals surface area contributed by atoms with E-state index >= 15 is 0 Å². The second-order valence-corrected chi connectivity index (χ2v) is 5.31. The molecule has 100 valence electrons. The van der Waals surface area contributed by atoms with Gasteiger partial charge in [-0.05, 0) is 24.0 Å². The Morgan fingerprint density at radius 2 is 1.72 bits per heavy atom. The fourth-order valence-corrected chi connectivity index (χ4v) is 1.88. The van der Waals surface area contributed by atoms with Gasteiger partial charge in [-0.3, -0.25) is 4.98 Å². The molecule has 0 fully saturated rings. The van der Waals surface area contributed by atoms with E-state index in [1.165, 1.54) is 0 Å². The van der Waals surface area contributed by atoms with Gasteiger partial charge >= 0.3 is 0 Å². The van der Waals surface area contributed by atoms with Crippen molar-refractivity contribution in [2.75, 3.05) is 0 Å². The van der Waals surface area contributed by atoms with Crippen molar-refractivity contribution in [1.82, 2.24) is 4.98 Å². The Hall–Kier alpha value is -1.51. The highest BCUT2D eigenvalue weighted by Crippen LogP contribution is 2.34. The number of hydrogen-bond acceptors (Lipinski definition) is 3. The Labute approximate surface area is 109 Å². The van der Waals surface area contributed by atoms with Crippen LogP contribution in [0.25, 0.3) is 0 Å². The summed E-state index contributed by atoms with van der Waals surface area (Å²) in [5, 5.41) is 19.2. The summed E-state index contributed by atoms with van der Waals surface area (Å²) >= 11 is 0. The van der Waals surface area contributed by atoms with Gasteiger partial charge in [0.1, 0.15) is 5.75 Å². The third-order valence-electron chi connectivity index (χ3n) is 3.07. The van der Waals surface area contributed by atoms with Gasteiger partial charge in [0.25, 0.3) is 0 Å². The third kappa shape index (κ3) is 3.03. The van der Waals surface area contributed by atoms with E-state index in [1.54, 1.807) is 6.08 Å². The summed E-state index contributed by atoms with van der Waals surface area (Å²) in [4.78, 5) is 4.54. The van der Waals surface area contributed by atoms with Crippen LogP contribution >= 0.6 is 0 Å². The van der Waals surface area contributed by atoms with Crippen LogP contribution in [0.5, 0.6) is 5.75 Å². The third-order valence-corrected chi connectivity index (χ3v) is 3.07. The minimum atomic E-state index is -0.0343. The minimum Gasteiger partial charge on any atom is -0.516 e. The Morgan fingerprint density at radius 1 is 1.11 bits per heavy atom. The molecule has 1 heterocycles. The molecule has 1 aromatic heterocycles. The predicted molar refractivity (Wildman–Crippen MR) is 74.3 cm³/mol. The first kappa shape index (κ1) is 14.6. The van der Waals surface area contributed by atoms with Crippen molar-refractivity contribution in [3.05, 3.63) is 35.4 Å². The van der Waals surface area contributed by atoms with Crippen molar-refractivity contribution in [1.29, 1.82) is 0 Å². The fourth-order valence-electron chi connectivity index (χ4n) is 1.88. The number of aromatic nitrogens is 1. The maximum Gasteiger partial charge on any atom is 0.141 e. The van der Waals surface area contributed by atoms with Crippen molar-refractivity contribution in [3.63, 3.8) is 0 Å². The van der Waals surface area contributed by atoms with Crippen molar-refractivity contribution in [3.8, 4) is 5.75 Å². The van der Waals surface area contributed by atoms with Crippen LogP contribution in [-0.2, 0) is 0 Å². The number of aliphatic hydroxyl groups excluding tert-OH is 1. The zero-order chi connectivity index (χ0) is 13.9. The zero-order valence-electron chi connectivity index (χ0n) is 11.8. The highest BCUT2D eigenvalue weighted by molar-refractivity contribution is 5.43. The topological polar surface area (TPSA) is 53.4 Å². The van der Waals surface area contributed by atoms with Gasteiger partial charge in [0.15, 0.2) is 0 Å². The van der Waals surface area contributed by atoms with Crippen LogP contribution in [0.4, 0.5) is 0 Å². The Morgan fingerprint density at radius 3 is 2.17 bits per heavy atom. The van der Waals surface area contributed by atoms with Crippen LogP contribution in [0.2, 0.25) is 0 Å². The molecule has 1 unspecified atom stereocenters. The van der Waals surface area contributed by atoms with Crippen LogP contribution < -0.4 is 0 Å². The van der Waals surface area contributed by atoms with Crippen LogP contribution in [0, 0.1) is 0 Å². The molecule has 0 radical (unpaired) electrons. The molecule has 0 aliphatic rings. The van der Waals surface area contributed by atoms with Crippen molar-refractivity contribution in [2.45, 2.75) is 52.4 Å². The van der Waals surface area contributed by atoms with Crippen molar-refractivity contribution in [2.24, 2.45) is 0 Å². The lowest BCUT2D eigenvalue weighted by Gasteiger charge is -2.18. The second-order valence-electron chi connectivity index (χ2n) is 5.31. The minimum absolute atomic E-state index is 0.0343. The molecule has 1 atom stereocenters. The summed E-state index contributed by atoms with van der Waals surface area (Å²) in [6, 6.07) is 1.93. The predicted octanol–water partition coefficient (Wildman–Crippen LogP) is 4.21. The highest BCUT2D eigenvalue weighted by atomic mass is 16.3. The van der Waals surface area contributed by atoms with Crippen LogP contribution in [0.3, 0.4) is 0 Å². The van der Waals surface area contributed by atoms with E-state index in [0.29, 0.717) is 5.92 Å². The summed E-state index contributed by atoms with van der Waals surface area (Å²) < 4.78 is 0. The van der Waals surface area contributed by atoms with E-state index in [2.05, 4.69) is 18.8 Å². The van der Waals surface area contributed by atoms with Gasteiger partial charge < -0.3 is 10.2 Å². The summed E-state index contributed by atoms with van der Waals surface area (Å²) in [5.41, 5.74) is 2.53. The van der Waals surface area contributed by atoms with E-state index < -0.39 is 0 Å². The highest BCUT2D eigenvalue weighted by Gasteiger charge is 2.18. The largest absolute Gasteiger partial charge is 0.516 e. The molecule has 0 amide bonds. The van der Waals surface area contributed by atoms with Gasteiger partial charge in [0.2, 0.25) is 0 Å². The van der Waals surface area contributed by atoms with Gasteiger partial charge in [-0.1, -0.05) is 34.6 Å². The summed E-state index contributed by atoms with van der Waals surface area (Å²) in [6.45, 7) is 10.1. The number of aliphatic hydroxyl groups is 1. The van der Waals surface area contributed by atoms with Crippen LogP contribution in [0.1, 0.15) is 69.3 Å². The smallest absolute Gasteiger partial charge is 0.141 e. The molecule has 3 heteroatoms. The molecule has 0 spiro atoms. The van der Waals surface area contributed by atoms with Crippen LogP contribution in [-0.4, -0.2) is 15.2 Å². The molecule has 1 aromatic rings. The van der Waals surface area contributed by atoms with Gasteiger partial charge in [-0.2, -0.15) is 0 Å². The molecule has 0 aliphatic heterocycles. The normalized spacial score (nSPS) is 13.7. The number of pyridine rings is 1. The molecule has 0 bridgehead atoms. The van der Waals surface area contributed by atoms with Gasteiger partial charge in [-0.15, -0.1) is 0 Å². The first-order valence-corrected chi connectivity index (χ1v) is 6.43. The quantitative estimate of drug-likeness (QED) is 0.786. The van der Waals surface area contributed by atoms with E-state index in [1.807, 2.05) is 26.8 Å². The molecule has 3 nitrogen and oxygen atoms in total. The molecule has 0 saturated carbocycles. The average molecular weight is 249 g/mol. The maximum absolute atomic E-state index is 10.3. The lowest BCUT2D eigenvalue weighted by molar-refractivity contribution is 0.447. The number of rotatable bonds is 4. The molecule has 18 heavy (non-hydrogen) atoms. The lowest BCUT2D eigenvalue weighted by atomic mass is 9.94. The van der Waals surface area contributed by atoms with E-state index in [-0.39, 0.29) is 17.6 Å². The van der Waals surface area contributed by atoms with E-state index in [4.69, 9.17) is 5.11 Å². The molecule has 0 saturated heterocycles. The first-order chi connectivity index (χ1) is 8.38. The first-order valence-electron chi connectivity index (χ1n) is 6.43. The van der Waals surface area contributed by atoms with E-state index in [0.717, 1.165) is 23.2 Å². The monoisotopic (exact) mass is 249 g/mol. The zero-order valence-corrected chi connectivity index (χ0v) is 11.8. The molecule has 1 rings (SSSR count). The van der Waals surface area contributed by atoms with Gasteiger partial charge in [-0.25, -0.2) is 0 Å². The molecule has 0 aromatic carbocycles. The number of aromatic hydroxyl groups is 1. The molecular weight excluding hydrogens is 226 g/mol. The van der Waals surface area contributed by atoms with Gasteiger partial charge in [0.05, 0.1) is 12.0 Å². The Kier molecular flexibility index (Phi) is 4.76. The Balaban J connectivity index is 3.40. The lowest BCUT2D eigenvalue weighted by Crippen LogP contribution is -2.04. The number of nitrogens with zero attached hydrogens (tertiary/aromatic N) is 1. The SMILES string of the molecule is CC(C)c1cc(C(C)C=CO)c(O)c(C(C)C)n1. The maximum atomic E-state index is 10.3. The average Bonchev–Trinajstić information content (AvgIpc) is 2.28. The van der Waals surface area contributed by atoms with Gasteiger partial charge in [0, 0.05) is 17.2 Å². The summed E-state index contributed by atoms with van der Waals surface area (Å²) in [7, 11) is 0. The van der Waals surface area contributed by atoms with E-state index in [9.17, 15) is 5.11 Å². The second kappa shape index (κ2) is 5.89. The molecule has 0 aliphatic carbocycles. The molecular formula is C15H23NO2.